The maximum Gasteiger partial charge on any atom is 0.416 e. The summed E-state index contributed by atoms with van der Waals surface area (Å²) < 4.78 is 42.7. The van der Waals surface area contributed by atoms with Crippen LogP contribution in [0.2, 0.25) is 5.02 Å². The normalized spacial score (nSPS) is 11.0. The Labute approximate surface area is 154 Å². The number of esters is 1. The third-order valence-corrected chi connectivity index (χ3v) is 3.46. The minimum absolute atomic E-state index is 0.118. The predicted octanol–water partition coefficient (Wildman–Crippen LogP) is 4.06. The zero-order chi connectivity index (χ0) is 20.2. The molecule has 1 amide bonds. The van der Waals surface area contributed by atoms with Crippen molar-refractivity contribution in [3.8, 4) is 0 Å². The first kappa shape index (κ1) is 20.2. The van der Waals surface area contributed by atoms with Crippen LogP contribution in [0.3, 0.4) is 0 Å². The van der Waals surface area contributed by atoms with Gasteiger partial charge in [0, 0.05) is 11.1 Å². The van der Waals surface area contributed by atoms with Gasteiger partial charge in [0.2, 0.25) is 0 Å². The molecule has 7 nitrogen and oxygen atoms in total. The molecule has 0 bridgehead atoms. The lowest BCUT2D eigenvalue weighted by atomic mass is 10.1. The Balaban J connectivity index is 2.05. The first-order valence-corrected chi connectivity index (χ1v) is 7.54. The van der Waals surface area contributed by atoms with Crippen LogP contribution in [0.5, 0.6) is 0 Å². The van der Waals surface area contributed by atoms with Crippen LogP contribution in [0.4, 0.5) is 24.5 Å². The molecule has 2 aromatic carbocycles. The summed E-state index contributed by atoms with van der Waals surface area (Å²) in [4.78, 5) is 33.5. The lowest BCUT2D eigenvalue weighted by Gasteiger charge is -2.10. The number of carbonyl (C=O) groups is 2. The van der Waals surface area contributed by atoms with Crippen molar-refractivity contribution < 1.29 is 32.4 Å². The van der Waals surface area contributed by atoms with Gasteiger partial charge in [0.25, 0.3) is 11.6 Å². The Morgan fingerprint density at radius 3 is 2.33 bits per heavy atom. The van der Waals surface area contributed by atoms with Crippen molar-refractivity contribution in [2.45, 2.75) is 6.18 Å². The predicted molar refractivity (Wildman–Crippen MR) is 88.5 cm³/mol. The van der Waals surface area contributed by atoms with E-state index in [2.05, 4.69) is 0 Å². The van der Waals surface area contributed by atoms with Gasteiger partial charge in [-0.1, -0.05) is 11.6 Å². The number of benzene rings is 2. The van der Waals surface area contributed by atoms with E-state index < -0.39 is 46.5 Å². The van der Waals surface area contributed by atoms with Crippen molar-refractivity contribution in [3.63, 3.8) is 0 Å². The molecular formula is C16H10ClF3N2O5. The molecule has 0 aliphatic rings. The third kappa shape index (κ3) is 5.42. The highest BCUT2D eigenvalue weighted by Crippen LogP contribution is 2.34. The van der Waals surface area contributed by atoms with Crippen LogP contribution < -0.4 is 5.32 Å². The SMILES string of the molecule is O=C(COC(=O)c1ccc(Cl)cc1)Nc1ccc(C(F)(F)F)cc1[N+](=O)[O-]. The molecule has 0 spiro atoms. The highest BCUT2D eigenvalue weighted by Gasteiger charge is 2.33. The molecule has 0 fully saturated rings. The number of rotatable bonds is 5. The second-order valence-corrected chi connectivity index (χ2v) is 5.55. The number of ether oxygens (including phenoxy) is 1. The number of hydrogen-bond acceptors (Lipinski definition) is 5. The molecule has 0 atom stereocenters. The maximum absolute atomic E-state index is 12.6. The highest BCUT2D eigenvalue weighted by molar-refractivity contribution is 6.30. The topological polar surface area (TPSA) is 98.5 Å². The quantitative estimate of drug-likeness (QED) is 0.462. The smallest absolute Gasteiger partial charge is 0.416 e. The Kier molecular flexibility index (Phi) is 6.01. The van der Waals surface area contributed by atoms with Crippen LogP contribution in [0, 0.1) is 10.1 Å². The van der Waals surface area contributed by atoms with Gasteiger partial charge in [0.05, 0.1) is 16.1 Å². The number of anilines is 1. The second-order valence-electron chi connectivity index (χ2n) is 5.12. The Bertz CT molecular complexity index is 885. The molecule has 0 heterocycles. The van der Waals surface area contributed by atoms with E-state index >= 15 is 0 Å². The van der Waals surface area contributed by atoms with Gasteiger partial charge in [-0.2, -0.15) is 13.2 Å². The number of alkyl halides is 3. The zero-order valence-electron chi connectivity index (χ0n) is 13.2. The molecule has 0 saturated carbocycles. The number of nitrogens with zero attached hydrogens (tertiary/aromatic N) is 1. The summed E-state index contributed by atoms with van der Waals surface area (Å²) in [6, 6.07) is 7.23. The van der Waals surface area contributed by atoms with Crippen molar-refractivity contribution in [2.75, 3.05) is 11.9 Å². The molecule has 2 rings (SSSR count). The van der Waals surface area contributed by atoms with Crippen LogP contribution in [0.15, 0.2) is 42.5 Å². The van der Waals surface area contributed by atoms with Gasteiger partial charge >= 0.3 is 12.1 Å². The minimum Gasteiger partial charge on any atom is -0.452 e. The summed E-state index contributed by atoms with van der Waals surface area (Å²) in [6.07, 6.45) is -4.78. The number of nitro benzene ring substituents is 1. The number of halogens is 4. The van der Waals surface area contributed by atoms with Gasteiger partial charge in [-0.05, 0) is 36.4 Å². The lowest BCUT2D eigenvalue weighted by Crippen LogP contribution is -2.21. The molecule has 142 valence electrons. The molecule has 0 aliphatic carbocycles. The van der Waals surface area contributed by atoms with E-state index in [1.807, 2.05) is 5.32 Å². The van der Waals surface area contributed by atoms with E-state index in [4.69, 9.17) is 16.3 Å². The van der Waals surface area contributed by atoms with E-state index in [9.17, 15) is 32.9 Å². The van der Waals surface area contributed by atoms with E-state index in [1.54, 1.807) is 0 Å². The average molecular weight is 403 g/mol. The van der Waals surface area contributed by atoms with Crippen LogP contribution in [0.1, 0.15) is 15.9 Å². The fraction of sp³-hybridized carbons (Fsp3) is 0.125. The van der Waals surface area contributed by atoms with E-state index in [0.717, 1.165) is 6.07 Å². The number of hydrogen-bond donors (Lipinski definition) is 1. The summed E-state index contributed by atoms with van der Waals surface area (Å²) in [5, 5.41) is 13.4. The molecule has 0 saturated heterocycles. The maximum atomic E-state index is 12.6. The molecule has 0 radical (unpaired) electrons. The first-order valence-electron chi connectivity index (χ1n) is 7.16. The highest BCUT2D eigenvalue weighted by atomic mass is 35.5. The van der Waals surface area contributed by atoms with Crippen molar-refractivity contribution >= 4 is 34.9 Å². The Morgan fingerprint density at radius 1 is 1.15 bits per heavy atom. The summed E-state index contributed by atoms with van der Waals surface area (Å²) in [5.41, 5.74) is -2.52. The monoisotopic (exact) mass is 402 g/mol. The van der Waals surface area contributed by atoms with Crippen molar-refractivity contribution in [3.05, 3.63) is 68.7 Å². The fourth-order valence-electron chi connectivity index (χ4n) is 1.95. The summed E-state index contributed by atoms with van der Waals surface area (Å²) in [5.74, 6) is -1.80. The second kappa shape index (κ2) is 8.04. The molecule has 11 heteroatoms. The fourth-order valence-corrected chi connectivity index (χ4v) is 2.08. The van der Waals surface area contributed by atoms with E-state index in [-0.39, 0.29) is 5.56 Å². The average Bonchev–Trinajstić information content (AvgIpc) is 2.59. The van der Waals surface area contributed by atoms with E-state index in [1.165, 1.54) is 24.3 Å². The number of nitro groups is 1. The Hall–Kier alpha value is -3.14. The molecule has 27 heavy (non-hydrogen) atoms. The minimum atomic E-state index is -4.78. The summed E-state index contributed by atoms with van der Waals surface area (Å²) in [6.45, 7) is -0.792. The van der Waals surface area contributed by atoms with Gasteiger partial charge in [0.15, 0.2) is 6.61 Å². The molecule has 2 aromatic rings. The molecule has 0 aromatic heterocycles. The molecule has 1 N–H and O–H groups in total. The zero-order valence-corrected chi connectivity index (χ0v) is 14.0. The molecule has 0 aliphatic heterocycles. The van der Waals surface area contributed by atoms with Gasteiger partial charge in [-0.25, -0.2) is 4.79 Å². The van der Waals surface area contributed by atoms with Crippen molar-refractivity contribution in [2.24, 2.45) is 0 Å². The van der Waals surface area contributed by atoms with Crippen LogP contribution in [0.25, 0.3) is 0 Å². The van der Waals surface area contributed by atoms with Gasteiger partial charge in [-0.3, -0.25) is 14.9 Å². The largest absolute Gasteiger partial charge is 0.452 e. The lowest BCUT2D eigenvalue weighted by molar-refractivity contribution is -0.384. The number of amides is 1. The number of carbonyl (C=O) groups excluding carboxylic acids is 2. The van der Waals surface area contributed by atoms with Gasteiger partial charge < -0.3 is 10.1 Å². The van der Waals surface area contributed by atoms with Crippen LogP contribution in [-0.2, 0) is 15.7 Å². The molecule has 0 unspecified atom stereocenters. The van der Waals surface area contributed by atoms with Crippen molar-refractivity contribution in [1.82, 2.24) is 0 Å². The summed E-state index contributed by atoms with van der Waals surface area (Å²) in [7, 11) is 0. The Morgan fingerprint density at radius 2 is 1.78 bits per heavy atom. The van der Waals surface area contributed by atoms with Gasteiger partial charge in [-0.15, -0.1) is 0 Å². The van der Waals surface area contributed by atoms with E-state index in [0.29, 0.717) is 17.2 Å². The standard InChI is InChI=1S/C16H10ClF3N2O5/c17-11-4-1-9(2-5-11)15(24)27-8-14(23)21-12-6-3-10(16(18,19)20)7-13(12)22(25)26/h1-7H,8H2,(H,21,23). The summed E-state index contributed by atoms with van der Waals surface area (Å²) >= 11 is 5.67. The van der Waals surface area contributed by atoms with Crippen LogP contribution >= 0.6 is 11.6 Å². The van der Waals surface area contributed by atoms with Crippen molar-refractivity contribution in [1.29, 1.82) is 0 Å². The van der Waals surface area contributed by atoms with Gasteiger partial charge in [0.1, 0.15) is 5.69 Å². The first-order chi connectivity index (χ1) is 12.6. The number of nitrogens with one attached hydrogen (secondary N) is 1. The molecular weight excluding hydrogens is 393 g/mol. The third-order valence-electron chi connectivity index (χ3n) is 3.21. The van der Waals surface area contributed by atoms with Crippen LogP contribution in [-0.4, -0.2) is 23.4 Å².